The second-order valence-electron chi connectivity index (χ2n) is 5.61. The van der Waals surface area contributed by atoms with Crippen LogP contribution in [0.15, 0.2) is 36.5 Å². The highest BCUT2D eigenvalue weighted by molar-refractivity contribution is 6.35. The van der Waals surface area contributed by atoms with Gasteiger partial charge in [0.1, 0.15) is 5.69 Å². The smallest absolute Gasteiger partial charge is 0.272 e. The van der Waals surface area contributed by atoms with Gasteiger partial charge in [-0.15, -0.1) is 0 Å². The summed E-state index contributed by atoms with van der Waals surface area (Å²) in [5.41, 5.74) is 1.68. The molecule has 1 aromatic carbocycles. The Morgan fingerprint density at radius 2 is 1.88 bits per heavy atom. The molecular weight excluding hydrogens is 363 g/mol. The summed E-state index contributed by atoms with van der Waals surface area (Å²) in [5, 5.41) is 4.23. The molecule has 0 atom stereocenters. The third kappa shape index (κ3) is 4.21. The van der Waals surface area contributed by atoms with Crippen molar-refractivity contribution in [1.29, 1.82) is 0 Å². The topological polar surface area (TPSA) is 65.5 Å². The van der Waals surface area contributed by atoms with E-state index in [0.29, 0.717) is 53.3 Å². The SMILES string of the molecule is O=CN1CCN(C(=O)c2cc(Nc3cc(Cl)ccc3Cl)ccn2)CC1. The van der Waals surface area contributed by atoms with Gasteiger partial charge in [0, 0.05) is 43.1 Å². The van der Waals surface area contributed by atoms with Crippen molar-refractivity contribution in [1.82, 2.24) is 14.8 Å². The number of rotatable bonds is 4. The van der Waals surface area contributed by atoms with Crippen molar-refractivity contribution in [2.75, 3.05) is 31.5 Å². The van der Waals surface area contributed by atoms with Gasteiger partial charge in [0.2, 0.25) is 6.41 Å². The predicted octanol–water partition coefficient (Wildman–Crippen LogP) is 3.05. The first kappa shape index (κ1) is 17.5. The van der Waals surface area contributed by atoms with Crippen molar-refractivity contribution in [2.45, 2.75) is 0 Å². The summed E-state index contributed by atoms with van der Waals surface area (Å²) in [5.74, 6) is -0.161. The van der Waals surface area contributed by atoms with E-state index in [1.807, 2.05) is 0 Å². The highest BCUT2D eigenvalue weighted by Crippen LogP contribution is 2.28. The summed E-state index contributed by atoms with van der Waals surface area (Å²) >= 11 is 12.1. The van der Waals surface area contributed by atoms with Crippen LogP contribution < -0.4 is 5.32 Å². The van der Waals surface area contributed by atoms with Crippen molar-refractivity contribution in [3.05, 3.63) is 52.3 Å². The number of anilines is 2. The molecule has 0 bridgehead atoms. The van der Waals surface area contributed by atoms with Crippen LogP contribution in [0.3, 0.4) is 0 Å². The van der Waals surface area contributed by atoms with Gasteiger partial charge in [-0.3, -0.25) is 14.6 Å². The zero-order valence-electron chi connectivity index (χ0n) is 13.3. The Morgan fingerprint density at radius 3 is 2.60 bits per heavy atom. The molecule has 0 saturated carbocycles. The maximum Gasteiger partial charge on any atom is 0.272 e. The van der Waals surface area contributed by atoms with Gasteiger partial charge in [-0.1, -0.05) is 23.2 Å². The van der Waals surface area contributed by atoms with Gasteiger partial charge in [-0.2, -0.15) is 0 Å². The average molecular weight is 379 g/mol. The van der Waals surface area contributed by atoms with E-state index in [9.17, 15) is 9.59 Å². The molecule has 25 heavy (non-hydrogen) atoms. The number of hydrogen-bond donors (Lipinski definition) is 1. The first-order valence-electron chi connectivity index (χ1n) is 7.73. The summed E-state index contributed by atoms with van der Waals surface area (Å²) in [6.45, 7) is 2.06. The number of carbonyl (C=O) groups is 2. The summed E-state index contributed by atoms with van der Waals surface area (Å²) < 4.78 is 0. The van der Waals surface area contributed by atoms with Crippen molar-refractivity contribution < 1.29 is 9.59 Å². The lowest BCUT2D eigenvalue weighted by atomic mass is 10.2. The van der Waals surface area contributed by atoms with Crippen LogP contribution in [0.2, 0.25) is 10.0 Å². The van der Waals surface area contributed by atoms with Crippen molar-refractivity contribution in [3.63, 3.8) is 0 Å². The molecule has 1 aromatic heterocycles. The zero-order valence-corrected chi connectivity index (χ0v) is 14.8. The molecule has 130 valence electrons. The zero-order chi connectivity index (χ0) is 17.8. The molecule has 0 radical (unpaired) electrons. The molecule has 0 aliphatic carbocycles. The first-order chi connectivity index (χ1) is 12.1. The summed E-state index contributed by atoms with van der Waals surface area (Å²) in [6.07, 6.45) is 2.37. The Labute approximate surface area is 155 Å². The number of nitrogens with one attached hydrogen (secondary N) is 1. The van der Waals surface area contributed by atoms with E-state index in [4.69, 9.17) is 23.2 Å². The highest BCUT2D eigenvalue weighted by atomic mass is 35.5. The van der Waals surface area contributed by atoms with Gasteiger partial charge in [0.15, 0.2) is 0 Å². The van der Waals surface area contributed by atoms with Gasteiger partial charge in [-0.25, -0.2) is 0 Å². The van der Waals surface area contributed by atoms with Crippen molar-refractivity contribution >= 4 is 46.9 Å². The van der Waals surface area contributed by atoms with E-state index >= 15 is 0 Å². The molecule has 2 aromatic rings. The molecule has 1 fully saturated rings. The Kier molecular flexibility index (Phi) is 5.40. The van der Waals surface area contributed by atoms with Crippen LogP contribution in [0, 0.1) is 0 Å². The van der Waals surface area contributed by atoms with Crippen LogP contribution in [0.4, 0.5) is 11.4 Å². The minimum absolute atomic E-state index is 0.161. The monoisotopic (exact) mass is 378 g/mol. The standard InChI is InChI=1S/C17H16Cl2N4O2/c18-12-1-2-14(19)15(9-12)21-13-3-4-20-16(10-13)17(25)23-7-5-22(11-24)6-8-23/h1-4,9-11H,5-8H2,(H,20,21). The highest BCUT2D eigenvalue weighted by Gasteiger charge is 2.22. The number of halogens is 2. The van der Waals surface area contributed by atoms with E-state index in [2.05, 4.69) is 10.3 Å². The molecule has 1 aliphatic rings. The van der Waals surface area contributed by atoms with Crippen LogP contribution in [-0.2, 0) is 4.79 Å². The molecule has 3 rings (SSSR count). The van der Waals surface area contributed by atoms with Crippen LogP contribution in [0.1, 0.15) is 10.5 Å². The van der Waals surface area contributed by atoms with Gasteiger partial charge in [0.25, 0.3) is 5.91 Å². The Morgan fingerprint density at radius 1 is 1.12 bits per heavy atom. The number of pyridine rings is 1. The number of amides is 2. The normalized spacial score (nSPS) is 14.3. The number of hydrogen-bond acceptors (Lipinski definition) is 4. The number of carbonyl (C=O) groups excluding carboxylic acids is 2. The molecule has 1 aliphatic heterocycles. The molecule has 2 heterocycles. The molecule has 0 unspecified atom stereocenters. The second-order valence-corrected chi connectivity index (χ2v) is 6.46. The second kappa shape index (κ2) is 7.72. The van der Waals surface area contributed by atoms with E-state index in [-0.39, 0.29) is 5.91 Å². The van der Waals surface area contributed by atoms with Crippen LogP contribution in [0.25, 0.3) is 0 Å². The Balaban J connectivity index is 1.74. The molecule has 0 spiro atoms. The molecular formula is C17H16Cl2N4O2. The minimum Gasteiger partial charge on any atom is -0.354 e. The largest absolute Gasteiger partial charge is 0.354 e. The number of benzene rings is 1. The maximum atomic E-state index is 12.6. The van der Waals surface area contributed by atoms with Gasteiger partial charge in [-0.05, 0) is 30.3 Å². The molecule has 8 heteroatoms. The predicted molar refractivity (Wildman–Crippen MR) is 97.5 cm³/mol. The van der Waals surface area contributed by atoms with E-state index < -0.39 is 0 Å². The summed E-state index contributed by atoms with van der Waals surface area (Å²) in [6, 6.07) is 8.54. The fraction of sp³-hybridized carbons (Fsp3) is 0.235. The van der Waals surface area contributed by atoms with Gasteiger partial charge in [0.05, 0.1) is 10.7 Å². The average Bonchev–Trinajstić information content (AvgIpc) is 2.64. The lowest BCUT2D eigenvalue weighted by molar-refractivity contribution is -0.119. The quantitative estimate of drug-likeness (QED) is 0.830. The van der Waals surface area contributed by atoms with Crippen molar-refractivity contribution in [2.24, 2.45) is 0 Å². The van der Waals surface area contributed by atoms with Crippen LogP contribution >= 0.6 is 23.2 Å². The summed E-state index contributed by atoms with van der Waals surface area (Å²) in [4.78, 5) is 30.9. The Hall–Kier alpha value is -2.31. The van der Waals surface area contributed by atoms with Crippen molar-refractivity contribution in [3.8, 4) is 0 Å². The van der Waals surface area contributed by atoms with Gasteiger partial charge >= 0.3 is 0 Å². The lowest BCUT2D eigenvalue weighted by Gasteiger charge is -2.32. The van der Waals surface area contributed by atoms with Crippen LogP contribution in [-0.4, -0.2) is 53.3 Å². The maximum absolute atomic E-state index is 12.6. The fourth-order valence-corrected chi connectivity index (χ4v) is 2.90. The minimum atomic E-state index is -0.161. The number of aromatic nitrogens is 1. The van der Waals surface area contributed by atoms with E-state index in [0.717, 1.165) is 6.41 Å². The summed E-state index contributed by atoms with van der Waals surface area (Å²) in [7, 11) is 0. The molecule has 2 amide bonds. The van der Waals surface area contributed by atoms with Crippen LogP contribution in [0.5, 0.6) is 0 Å². The third-order valence-electron chi connectivity index (χ3n) is 3.94. The number of piperazine rings is 1. The first-order valence-corrected chi connectivity index (χ1v) is 8.49. The third-order valence-corrected chi connectivity index (χ3v) is 4.50. The fourth-order valence-electron chi connectivity index (χ4n) is 2.57. The molecule has 1 saturated heterocycles. The van der Waals surface area contributed by atoms with E-state index in [1.54, 1.807) is 46.3 Å². The molecule has 1 N–H and O–H groups in total. The van der Waals surface area contributed by atoms with E-state index in [1.165, 1.54) is 0 Å². The lowest BCUT2D eigenvalue weighted by Crippen LogP contribution is -2.48. The molecule has 6 nitrogen and oxygen atoms in total. The Bertz CT molecular complexity index is 792. The van der Waals surface area contributed by atoms with Gasteiger partial charge < -0.3 is 15.1 Å². The number of nitrogens with zero attached hydrogens (tertiary/aromatic N) is 3.